The van der Waals surface area contributed by atoms with Gasteiger partial charge in [0.15, 0.2) is 0 Å². The molecule has 1 aliphatic heterocycles. The van der Waals surface area contributed by atoms with Crippen LogP contribution in [0.5, 0.6) is 0 Å². The molecule has 2 rings (SSSR count). The summed E-state index contributed by atoms with van der Waals surface area (Å²) in [6.07, 6.45) is 3.42. The number of allylic oxidation sites excluding steroid dienone is 1. The zero-order valence-corrected chi connectivity index (χ0v) is 12.7. The van der Waals surface area contributed by atoms with Crippen LogP contribution in [0.4, 0.5) is 0 Å². The van der Waals surface area contributed by atoms with Gasteiger partial charge in [0.05, 0.1) is 0 Å². The Balaban J connectivity index is 1.99. The van der Waals surface area contributed by atoms with Crippen LogP contribution in [0.3, 0.4) is 0 Å². The summed E-state index contributed by atoms with van der Waals surface area (Å²) in [4.78, 5) is 12.0. The highest BCUT2D eigenvalue weighted by atomic mass is 32.2. The number of carbonyl (C=O) groups excluding carboxylic acids is 1. The molecule has 1 aromatic rings. The van der Waals surface area contributed by atoms with E-state index < -0.39 is 16.1 Å². The third-order valence-corrected chi connectivity index (χ3v) is 5.10. The standard InChI is InChI=1S/C15H20N2O3S/c1-2-13(14-8-4-3-5-9-14)12-15(18)16-21(19,20)17-10-6-7-11-17/h2-5,8-9,13H,1,6-7,10-12H2,(H,16,18)/t13-/m1/s1. The number of nitrogens with one attached hydrogen (secondary N) is 1. The molecule has 1 N–H and O–H groups in total. The van der Waals surface area contributed by atoms with Crippen LogP contribution in [0.2, 0.25) is 0 Å². The fourth-order valence-corrected chi connectivity index (χ4v) is 3.65. The Morgan fingerprint density at radius 1 is 1.29 bits per heavy atom. The number of rotatable bonds is 6. The molecule has 0 radical (unpaired) electrons. The molecule has 1 atom stereocenters. The van der Waals surface area contributed by atoms with Crippen molar-refractivity contribution in [2.75, 3.05) is 13.1 Å². The molecule has 0 spiro atoms. The second-order valence-corrected chi connectivity index (χ2v) is 6.76. The van der Waals surface area contributed by atoms with Crippen LogP contribution in [0.1, 0.15) is 30.7 Å². The van der Waals surface area contributed by atoms with E-state index in [1.807, 2.05) is 30.3 Å². The highest BCUT2D eigenvalue weighted by molar-refractivity contribution is 7.87. The number of amides is 1. The summed E-state index contributed by atoms with van der Waals surface area (Å²) in [5.74, 6) is -0.698. The Hall–Kier alpha value is -1.66. The van der Waals surface area contributed by atoms with Crippen molar-refractivity contribution in [3.05, 3.63) is 48.6 Å². The SMILES string of the molecule is C=C[C@H](CC(=O)NS(=O)(=O)N1CCCC1)c1ccccc1. The molecule has 1 heterocycles. The number of benzene rings is 1. The van der Waals surface area contributed by atoms with Gasteiger partial charge in [-0.15, -0.1) is 6.58 Å². The molecule has 0 saturated carbocycles. The van der Waals surface area contributed by atoms with Gasteiger partial charge < -0.3 is 0 Å². The zero-order valence-electron chi connectivity index (χ0n) is 11.9. The zero-order chi connectivity index (χ0) is 15.3. The summed E-state index contributed by atoms with van der Waals surface area (Å²) in [5, 5.41) is 0. The van der Waals surface area contributed by atoms with Gasteiger partial charge in [-0.05, 0) is 18.4 Å². The van der Waals surface area contributed by atoms with Gasteiger partial charge in [-0.1, -0.05) is 36.4 Å². The van der Waals surface area contributed by atoms with E-state index in [0.29, 0.717) is 13.1 Å². The summed E-state index contributed by atoms with van der Waals surface area (Å²) < 4.78 is 27.5. The number of nitrogens with zero attached hydrogens (tertiary/aromatic N) is 1. The number of hydrogen-bond acceptors (Lipinski definition) is 3. The maximum atomic E-state index is 12.0. The summed E-state index contributed by atoms with van der Waals surface area (Å²) >= 11 is 0. The van der Waals surface area contributed by atoms with Crippen molar-refractivity contribution in [3.63, 3.8) is 0 Å². The van der Waals surface area contributed by atoms with E-state index in [1.165, 1.54) is 4.31 Å². The van der Waals surface area contributed by atoms with Crippen LogP contribution in [-0.4, -0.2) is 31.7 Å². The molecule has 0 aromatic heterocycles. The first-order valence-electron chi connectivity index (χ1n) is 7.01. The van der Waals surface area contributed by atoms with Gasteiger partial charge in [-0.3, -0.25) is 4.79 Å². The highest BCUT2D eigenvalue weighted by Gasteiger charge is 2.27. The first-order valence-corrected chi connectivity index (χ1v) is 8.45. The molecular weight excluding hydrogens is 288 g/mol. The minimum Gasteiger partial charge on any atom is -0.274 e. The lowest BCUT2D eigenvalue weighted by molar-refractivity contribution is -0.119. The summed E-state index contributed by atoms with van der Waals surface area (Å²) in [7, 11) is -3.70. The molecule has 5 nitrogen and oxygen atoms in total. The fraction of sp³-hybridized carbons (Fsp3) is 0.400. The molecule has 1 fully saturated rings. The molecule has 1 aliphatic rings. The molecule has 1 aromatic carbocycles. The molecule has 21 heavy (non-hydrogen) atoms. The van der Waals surface area contributed by atoms with Crippen LogP contribution < -0.4 is 4.72 Å². The molecule has 114 valence electrons. The van der Waals surface area contributed by atoms with Gasteiger partial charge >= 0.3 is 10.2 Å². The number of hydrogen-bond donors (Lipinski definition) is 1. The molecule has 1 saturated heterocycles. The van der Waals surface area contributed by atoms with Crippen molar-refractivity contribution in [3.8, 4) is 0 Å². The van der Waals surface area contributed by atoms with E-state index in [2.05, 4.69) is 11.3 Å². The summed E-state index contributed by atoms with van der Waals surface area (Å²) in [6.45, 7) is 4.68. The average molecular weight is 308 g/mol. The van der Waals surface area contributed by atoms with Crippen LogP contribution in [0, 0.1) is 0 Å². The summed E-state index contributed by atoms with van der Waals surface area (Å²) in [5.41, 5.74) is 0.946. The highest BCUT2D eigenvalue weighted by Crippen LogP contribution is 2.20. The van der Waals surface area contributed by atoms with E-state index in [9.17, 15) is 13.2 Å². The lowest BCUT2D eigenvalue weighted by Gasteiger charge is -2.17. The first-order chi connectivity index (χ1) is 10.0. The predicted molar refractivity (Wildman–Crippen MR) is 81.9 cm³/mol. The second-order valence-electron chi connectivity index (χ2n) is 5.09. The maximum Gasteiger partial charge on any atom is 0.303 e. The van der Waals surface area contributed by atoms with Crippen LogP contribution in [0.15, 0.2) is 43.0 Å². The van der Waals surface area contributed by atoms with Gasteiger partial charge in [0, 0.05) is 25.4 Å². The normalized spacial score (nSPS) is 17.3. The average Bonchev–Trinajstić information content (AvgIpc) is 3.00. The van der Waals surface area contributed by atoms with Crippen molar-refractivity contribution in [2.45, 2.75) is 25.2 Å². The second kappa shape index (κ2) is 6.87. The molecule has 1 amide bonds. The van der Waals surface area contributed by atoms with Crippen molar-refractivity contribution < 1.29 is 13.2 Å². The maximum absolute atomic E-state index is 12.0. The number of carbonyl (C=O) groups is 1. The Morgan fingerprint density at radius 2 is 1.90 bits per heavy atom. The Morgan fingerprint density at radius 3 is 2.48 bits per heavy atom. The topological polar surface area (TPSA) is 66.5 Å². The van der Waals surface area contributed by atoms with E-state index in [0.717, 1.165) is 18.4 Å². The van der Waals surface area contributed by atoms with Gasteiger partial charge in [0.1, 0.15) is 0 Å². The van der Waals surface area contributed by atoms with Crippen molar-refractivity contribution in [2.24, 2.45) is 0 Å². The van der Waals surface area contributed by atoms with E-state index in [1.54, 1.807) is 6.08 Å². The smallest absolute Gasteiger partial charge is 0.274 e. The largest absolute Gasteiger partial charge is 0.303 e. The van der Waals surface area contributed by atoms with Gasteiger partial charge in [0.25, 0.3) is 0 Å². The molecule has 0 aliphatic carbocycles. The lowest BCUT2D eigenvalue weighted by Crippen LogP contribution is -2.42. The van der Waals surface area contributed by atoms with Crippen molar-refractivity contribution in [1.29, 1.82) is 0 Å². The predicted octanol–water partition coefficient (Wildman–Crippen LogP) is 1.80. The third kappa shape index (κ3) is 4.15. The van der Waals surface area contributed by atoms with Crippen molar-refractivity contribution >= 4 is 16.1 Å². The minimum absolute atomic E-state index is 0.0700. The quantitative estimate of drug-likeness (QED) is 0.815. The summed E-state index contributed by atoms with van der Waals surface area (Å²) in [6, 6.07) is 9.44. The Kier molecular flexibility index (Phi) is 5.14. The van der Waals surface area contributed by atoms with Crippen LogP contribution in [0.25, 0.3) is 0 Å². The van der Waals surface area contributed by atoms with E-state index >= 15 is 0 Å². The molecular formula is C15H20N2O3S. The van der Waals surface area contributed by atoms with Crippen LogP contribution in [-0.2, 0) is 15.0 Å². The Bertz CT molecular complexity index is 593. The van der Waals surface area contributed by atoms with E-state index in [-0.39, 0.29) is 12.3 Å². The van der Waals surface area contributed by atoms with Crippen molar-refractivity contribution in [1.82, 2.24) is 9.03 Å². The molecule has 0 unspecified atom stereocenters. The van der Waals surface area contributed by atoms with Gasteiger partial charge in [-0.25, -0.2) is 4.72 Å². The molecule has 0 bridgehead atoms. The lowest BCUT2D eigenvalue weighted by atomic mass is 9.96. The minimum atomic E-state index is -3.70. The van der Waals surface area contributed by atoms with Gasteiger partial charge in [0.2, 0.25) is 5.91 Å². The van der Waals surface area contributed by atoms with Gasteiger partial charge in [-0.2, -0.15) is 12.7 Å². The first kappa shape index (κ1) is 15.7. The molecule has 6 heteroatoms. The fourth-order valence-electron chi connectivity index (χ4n) is 2.42. The Labute approximate surface area is 125 Å². The van der Waals surface area contributed by atoms with Crippen LogP contribution >= 0.6 is 0 Å². The third-order valence-electron chi connectivity index (χ3n) is 3.57. The van der Waals surface area contributed by atoms with E-state index in [4.69, 9.17) is 0 Å². The monoisotopic (exact) mass is 308 g/mol.